The summed E-state index contributed by atoms with van der Waals surface area (Å²) in [6.45, 7) is 0.548. The van der Waals surface area contributed by atoms with Crippen LogP contribution in [0.25, 0.3) is 0 Å². The summed E-state index contributed by atoms with van der Waals surface area (Å²) in [6, 6.07) is 12.3. The number of hydrogen-bond acceptors (Lipinski definition) is 2. The summed E-state index contributed by atoms with van der Waals surface area (Å²) in [4.78, 5) is 0. The van der Waals surface area contributed by atoms with Crippen LogP contribution in [0, 0.1) is 5.82 Å². The van der Waals surface area contributed by atoms with E-state index >= 15 is 0 Å². The minimum Gasteiger partial charge on any atom is -0.392 e. The molecule has 0 aromatic heterocycles. The summed E-state index contributed by atoms with van der Waals surface area (Å²) in [6.07, 6.45) is 0. The molecule has 0 amide bonds. The molecule has 0 saturated heterocycles. The molecule has 0 fully saturated rings. The molecule has 18 heavy (non-hydrogen) atoms. The first-order valence-electron chi connectivity index (χ1n) is 5.56. The third-order valence-corrected chi connectivity index (χ3v) is 2.99. The molecule has 0 radical (unpaired) electrons. The molecule has 0 heterocycles. The lowest BCUT2D eigenvalue weighted by atomic mass is 10.2. The first kappa shape index (κ1) is 13.1. The highest BCUT2D eigenvalue weighted by Crippen LogP contribution is 2.17. The van der Waals surface area contributed by atoms with E-state index in [2.05, 4.69) is 21.2 Å². The Morgan fingerprint density at radius 2 is 1.94 bits per heavy atom. The van der Waals surface area contributed by atoms with Crippen LogP contribution in [0.4, 0.5) is 10.1 Å². The van der Waals surface area contributed by atoms with Crippen LogP contribution in [-0.2, 0) is 13.2 Å². The Morgan fingerprint density at radius 1 is 1.11 bits per heavy atom. The van der Waals surface area contributed by atoms with E-state index in [-0.39, 0.29) is 12.4 Å². The zero-order valence-corrected chi connectivity index (χ0v) is 11.2. The first-order valence-corrected chi connectivity index (χ1v) is 6.35. The average Bonchev–Trinajstić information content (AvgIpc) is 2.35. The SMILES string of the molecule is OCc1cccc(NCc2cc(F)cc(Br)c2)c1. The molecule has 0 aliphatic carbocycles. The van der Waals surface area contributed by atoms with Gasteiger partial charge in [0.2, 0.25) is 0 Å². The molecule has 2 aromatic rings. The summed E-state index contributed by atoms with van der Waals surface area (Å²) in [5.41, 5.74) is 2.61. The van der Waals surface area contributed by atoms with E-state index in [1.54, 1.807) is 0 Å². The molecule has 2 nitrogen and oxygen atoms in total. The van der Waals surface area contributed by atoms with Crippen molar-refractivity contribution in [2.45, 2.75) is 13.2 Å². The van der Waals surface area contributed by atoms with Gasteiger partial charge in [0.25, 0.3) is 0 Å². The van der Waals surface area contributed by atoms with Crippen LogP contribution in [0.15, 0.2) is 46.9 Å². The van der Waals surface area contributed by atoms with E-state index in [4.69, 9.17) is 5.11 Å². The zero-order chi connectivity index (χ0) is 13.0. The van der Waals surface area contributed by atoms with E-state index in [1.807, 2.05) is 30.3 Å². The summed E-state index contributed by atoms with van der Waals surface area (Å²) in [5.74, 6) is -0.259. The Morgan fingerprint density at radius 3 is 2.67 bits per heavy atom. The van der Waals surface area contributed by atoms with Crippen molar-refractivity contribution >= 4 is 21.6 Å². The highest BCUT2D eigenvalue weighted by Gasteiger charge is 2.00. The molecule has 0 aliphatic heterocycles. The van der Waals surface area contributed by atoms with Gasteiger partial charge in [0.05, 0.1) is 6.61 Å². The molecule has 2 N–H and O–H groups in total. The monoisotopic (exact) mass is 309 g/mol. The van der Waals surface area contributed by atoms with Crippen molar-refractivity contribution in [1.29, 1.82) is 0 Å². The van der Waals surface area contributed by atoms with Crippen LogP contribution >= 0.6 is 15.9 Å². The van der Waals surface area contributed by atoms with Crippen LogP contribution in [0.3, 0.4) is 0 Å². The molecule has 0 spiro atoms. The Balaban J connectivity index is 2.06. The normalized spacial score (nSPS) is 10.4. The molecule has 2 rings (SSSR count). The Labute approximate surface area is 114 Å². The first-order chi connectivity index (χ1) is 8.67. The van der Waals surface area contributed by atoms with Crippen molar-refractivity contribution in [3.8, 4) is 0 Å². The predicted molar refractivity (Wildman–Crippen MR) is 73.8 cm³/mol. The van der Waals surface area contributed by atoms with Crippen LogP contribution in [0.5, 0.6) is 0 Å². The zero-order valence-electron chi connectivity index (χ0n) is 9.66. The quantitative estimate of drug-likeness (QED) is 0.902. The van der Waals surface area contributed by atoms with Gasteiger partial charge >= 0.3 is 0 Å². The fraction of sp³-hybridized carbons (Fsp3) is 0.143. The van der Waals surface area contributed by atoms with Gasteiger partial charge in [0.1, 0.15) is 5.82 Å². The number of benzene rings is 2. The number of anilines is 1. The molecule has 0 unspecified atom stereocenters. The molecular weight excluding hydrogens is 297 g/mol. The van der Waals surface area contributed by atoms with Gasteiger partial charge in [-0.25, -0.2) is 4.39 Å². The van der Waals surface area contributed by atoms with Gasteiger partial charge in [-0.05, 0) is 41.5 Å². The van der Waals surface area contributed by atoms with E-state index in [9.17, 15) is 4.39 Å². The standard InChI is InChI=1S/C14H13BrFNO/c15-12-4-11(5-13(16)7-12)8-17-14-3-1-2-10(6-14)9-18/h1-7,17-18H,8-9H2. The average molecular weight is 310 g/mol. The third-order valence-electron chi connectivity index (χ3n) is 2.53. The Bertz CT molecular complexity index is 525. The summed E-state index contributed by atoms with van der Waals surface area (Å²) in [5, 5.41) is 12.2. The molecule has 0 atom stereocenters. The number of aliphatic hydroxyl groups is 1. The minimum absolute atomic E-state index is 0.0149. The minimum atomic E-state index is -0.259. The third kappa shape index (κ3) is 3.55. The highest BCUT2D eigenvalue weighted by atomic mass is 79.9. The maximum Gasteiger partial charge on any atom is 0.124 e. The lowest BCUT2D eigenvalue weighted by molar-refractivity contribution is 0.282. The number of hydrogen-bond donors (Lipinski definition) is 2. The van der Waals surface area contributed by atoms with E-state index in [0.29, 0.717) is 6.54 Å². The summed E-state index contributed by atoms with van der Waals surface area (Å²) < 4.78 is 13.9. The fourth-order valence-corrected chi connectivity index (χ4v) is 2.21. The van der Waals surface area contributed by atoms with Gasteiger partial charge in [-0.1, -0.05) is 28.1 Å². The molecule has 0 bridgehead atoms. The van der Waals surface area contributed by atoms with E-state index in [1.165, 1.54) is 12.1 Å². The van der Waals surface area contributed by atoms with Crippen molar-refractivity contribution in [3.63, 3.8) is 0 Å². The van der Waals surface area contributed by atoms with Crippen LogP contribution in [0.1, 0.15) is 11.1 Å². The molecule has 94 valence electrons. The maximum atomic E-state index is 13.2. The number of aliphatic hydroxyl groups excluding tert-OH is 1. The van der Waals surface area contributed by atoms with Crippen LogP contribution < -0.4 is 5.32 Å². The number of nitrogens with one attached hydrogen (secondary N) is 1. The highest BCUT2D eigenvalue weighted by molar-refractivity contribution is 9.10. The summed E-state index contributed by atoms with van der Waals surface area (Å²) in [7, 11) is 0. The van der Waals surface area contributed by atoms with Crippen molar-refractivity contribution in [2.24, 2.45) is 0 Å². The largest absolute Gasteiger partial charge is 0.392 e. The van der Waals surface area contributed by atoms with Gasteiger partial charge in [0.15, 0.2) is 0 Å². The lowest BCUT2D eigenvalue weighted by Crippen LogP contribution is -2.00. The molecular formula is C14H13BrFNO. The molecule has 0 saturated carbocycles. The Kier molecular flexibility index (Phi) is 4.33. The van der Waals surface area contributed by atoms with Crippen molar-refractivity contribution in [2.75, 3.05) is 5.32 Å². The summed E-state index contributed by atoms with van der Waals surface area (Å²) >= 11 is 3.26. The second kappa shape index (κ2) is 5.98. The van der Waals surface area contributed by atoms with Gasteiger partial charge in [-0.15, -0.1) is 0 Å². The van der Waals surface area contributed by atoms with Crippen LogP contribution in [-0.4, -0.2) is 5.11 Å². The van der Waals surface area contributed by atoms with Gasteiger partial charge in [0, 0.05) is 16.7 Å². The van der Waals surface area contributed by atoms with E-state index < -0.39 is 0 Å². The molecule has 2 aromatic carbocycles. The predicted octanol–water partition coefficient (Wildman–Crippen LogP) is 3.69. The van der Waals surface area contributed by atoms with Crippen molar-refractivity contribution in [3.05, 3.63) is 63.9 Å². The van der Waals surface area contributed by atoms with Crippen LogP contribution in [0.2, 0.25) is 0 Å². The van der Waals surface area contributed by atoms with Gasteiger partial charge in [-0.2, -0.15) is 0 Å². The number of halogens is 2. The topological polar surface area (TPSA) is 32.3 Å². The second-order valence-corrected chi connectivity index (χ2v) is 4.91. The van der Waals surface area contributed by atoms with E-state index in [0.717, 1.165) is 21.3 Å². The number of rotatable bonds is 4. The second-order valence-electron chi connectivity index (χ2n) is 3.99. The van der Waals surface area contributed by atoms with Crippen molar-refractivity contribution < 1.29 is 9.50 Å². The van der Waals surface area contributed by atoms with Gasteiger partial charge < -0.3 is 10.4 Å². The van der Waals surface area contributed by atoms with Gasteiger partial charge in [-0.3, -0.25) is 0 Å². The molecule has 4 heteroatoms. The fourth-order valence-electron chi connectivity index (χ4n) is 1.70. The Hall–Kier alpha value is -1.39. The molecule has 0 aliphatic rings. The smallest absolute Gasteiger partial charge is 0.124 e. The maximum absolute atomic E-state index is 13.2. The van der Waals surface area contributed by atoms with Crippen molar-refractivity contribution in [1.82, 2.24) is 0 Å². The lowest BCUT2D eigenvalue weighted by Gasteiger charge is -2.08.